The minimum Gasteiger partial charge on any atom is -0.470 e. The maximum Gasteiger partial charge on any atom is 0.251 e. The second kappa shape index (κ2) is 6.75. The van der Waals surface area contributed by atoms with Crippen molar-refractivity contribution in [3.63, 3.8) is 0 Å². The van der Waals surface area contributed by atoms with E-state index in [0.717, 1.165) is 0 Å². The summed E-state index contributed by atoms with van der Waals surface area (Å²) in [5, 5.41) is 8.98. The van der Waals surface area contributed by atoms with E-state index in [9.17, 15) is 4.79 Å². The molecule has 1 fully saturated rings. The number of rotatable bonds is 4. The van der Waals surface area contributed by atoms with Crippen LogP contribution < -0.4 is 4.74 Å². The first-order valence-corrected chi connectivity index (χ1v) is 7.14. The fraction of sp³-hybridized carbons (Fsp3) is 0.250. The van der Waals surface area contributed by atoms with E-state index >= 15 is 0 Å². The van der Waals surface area contributed by atoms with Crippen LogP contribution in [0.25, 0.3) is 6.08 Å². The highest BCUT2D eigenvalue weighted by Gasteiger charge is 2.27. The van der Waals surface area contributed by atoms with Crippen LogP contribution in [0.2, 0.25) is 0 Å². The number of carbonyl (C=O) groups is 1. The van der Waals surface area contributed by atoms with Gasteiger partial charge in [0.2, 0.25) is 11.6 Å². The molecule has 0 bridgehead atoms. The zero-order valence-corrected chi connectivity index (χ0v) is 12.3. The van der Waals surface area contributed by atoms with Gasteiger partial charge in [-0.1, -0.05) is 0 Å². The summed E-state index contributed by atoms with van der Waals surface area (Å²) in [5.41, 5.74) is 0.148. The van der Waals surface area contributed by atoms with Gasteiger partial charge in [0, 0.05) is 31.4 Å². The minimum atomic E-state index is -0.195. The number of hydrogen-bond acceptors (Lipinski definition) is 6. The van der Waals surface area contributed by atoms with Gasteiger partial charge >= 0.3 is 0 Å². The third-order valence-corrected chi connectivity index (χ3v) is 3.44. The van der Waals surface area contributed by atoms with Crippen LogP contribution >= 0.6 is 0 Å². The van der Waals surface area contributed by atoms with Crippen LogP contribution in [0.15, 0.2) is 41.3 Å². The molecule has 0 saturated carbocycles. The van der Waals surface area contributed by atoms with E-state index in [1.165, 1.54) is 18.5 Å². The Kier molecular flexibility index (Phi) is 4.34. The molecule has 3 rings (SSSR count). The van der Waals surface area contributed by atoms with Gasteiger partial charge in [-0.25, -0.2) is 9.97 Å². The number of nitriles is 1. The summed E-state index contributed by atoms with van der Waals surface area (Å²) in [6.07, 6.45) is 8.06. The maximum absolute atomic E-state index is 12.1. The van der Waals surface area contributed by atoms with E-state index < -0.39 is 0 Å². The molecule has 1 atom stereocenters. The van der Waals surface area contributed by atoms with Crippen molar-refractivity contribution in [1.29, 1.82) is 5.26 Å². The standard InChI is InChI=1S/C16H14N4O3/c17-10-14-16(19-7-6-18-14)23-13-5-8-20(11-13)15(21)4-3-12-2-1-9-22-12/h1-4,6-7,9,13H,5,8,11H2/b4-3+/t13-/m1/s1. The van der Waals surface area contributed by atoms with E-state index in [0.29, 0.717) is 25.3 Å². The van der Waals surface area contributed by atoms with Crippen molar-refractivity contribution in [2.75, 3.05) is 13.1 Å². The predicted octanol–water partition coefficient (Wildman–Crippen LogP) is 1.63. The van der Waals surface area contributed by atoms with Crippen molar-refractivity contribution < 1.29 is 13.9 Å². The van der Waals surface area contributed by atoms with Gasteiger partial charge in [0.05, 0.1) is 12.8 Å². The lowest BCUT2D eigenvalue weighted by atomic mass is 10.3. The van der Waals surface area contributed by atoms with Crippen molar-refractivity contribution in [2.45, 2.75) is 12.5 Å². The zero-order chi connectivity index (χ0) is 16.1. The van der Waals surface area contributed by atoms with Gasteiger partial charge < -0.3 is 14.1 Å². The lowest BCUT2D eigenvalue weighted by Crippen LogP contribution is -2.29. The van der Waals surface area contributed by atoms with Crippen LogP contribution in [0.5, 0.6) is 5.88 Å². The van der Waals surface area contributed by atoms with Crippen molar-refractivity contribution >= 4 is 12.0 Å². The van der Waals surface area contributed by atoms with E-state index in [2.05, 4.69) is 9.97 Å². The monoisotopic (exact) mass is 310 g/mol. The highest BCUT2D eigenvalue weighted by Crippen LogP contribution is 2.18. The fourth-order valence-corrected chi connectivity index (χ4v) is 2.32. The molecule has 1 aliphatic rings. The van der Waals surface area contributed by atoms with Crippen LogP contribution in [0.1, 0.15) is 17.9 Å². The Morgan fingerprint density at radius 2 is 2.35 bits per heavy atom. The van der Waals surface area contributed by atoms with Gasteiger partial charge in [-0.05, 0) is 18.2 Å². The van der Waals surface area contributed by atoms with Gasteiger partial charge in [-0.15, -0.1) is 0 Å². The van der Waals surface area contributed by atoms with Crippen LogP contribution in [0, 0.1) is 11.3 Å². The van der Waals surface area contributed by atoms with E-state index in [1.54, 1.807) is 29.4 Å². The lowest BCUT2D eigenvalue weighted by Gasteiger charge is -2.15. The van der Waals surface area contributed by atoms with Crippen LogP contribution in [0.4, 0.5) is 0 Å². The summed E-state index contributed by atoms with van der Waals surface area (Å²) >= 11 is 0. The Morgan fingerprint density at radius 3 is 3.13 bits per heavy atom. The number of aromatic nitrogens is 2. The summed E-state index contributed by atoms with van der Waals surface area (Å²) in [6.45, 7) is 1.04. The number of hydrogen-bond donors (Lipinski definition) is 0. The first kappa shape index (κ1) is 14.8. The Balaban J connectivity index is 1.58. The first-order valence-electron chi connectivity index (χ1n) is 7.14. The fourth-order valence-electron chi connectivity index (χ4n) is 2.32. The molecule has 7 heteroatoms. The molecule has 0 N–H and O–H groups in total. The van der Waals surface area contributed by atoms with Crippen molar-refractivity contribution in [3.8, 4) is 11.9 Å². The van der Waals surface area contributed by atoms with Crippen LogP contribution in [-0.4, -0.2) is 40.0 Å². The largest absolute Gasteiger partial charge is 0.470 e. The third-order valence-electron chi connectivity index (χ3n) is 3.44. The maximum atomic E-state index is 12.1. The molecule has 7 nitrogen and oxygen atoms in total. The Labute approximate surface area is 132 Å². The number of likely N-dealkylation sites (tertiary alicyclic amines) is 1. The lowest BCUT2D eigenvalue weighted by molar-refractivity contribution is -0.125. The second-order valence-corrected chi connectivity index (χ2v) is 4.98. The average Bonchev–Trinajstić information content (AvgIpc) is 3.25. The van der Waals surface area contributed by atoms with Gasteiger partial charge in [-0.2, -0.15) is 5.26 Å². The molecule has 0 unspecified atom stereocenters. The van der Waals surface area contributed by atoms with E-state index in [-0.39, 0.29) is 23.6 Å². The molecule has 1 amide bonds. The molecule has 0 aromatic carbocycles. The molecule has 2 aromatic rings. The molecule has 2 aromatic heterocycles. The van der Waals surface area contributed by atoms with Gasteiger partial charge in [-0.3, -0.25) is 4.79 Å². The molecule has 23 heavy (non-hydrogen) atoms. The van der Waals surface area contributed by atoms with Crippen molar-refractivity contribution in [2.24, 2.45) is 0 Å². The highest BCUT2D eigenvalue weighted by molar-refractivity contribution is 5.91. The topological polar surface area (TPSA) is 92.2 Å². The van der Waals surface area contributed by atoms with Gasteiger partial charge in [0.1, 0.15) is 17.9 Å². The highest BCUT2D eigenvalue weighted by atomic mass is 16.5. The summed E-state index contributed by atoms with van der Waals surface area (Å²) in [6, 6.07) is 5.48. The number of nitrogens with zero attached hydrogens (tertiary/aromatic N) is 4. The number of carbonyl (C=O) groups excluding carboxylic acids is 1. The van der Waals surface area contributed by atoms with Crippen molar-refractivity contribution in [3.05, 3.63) is 48.3 Å². The molecule has 0 aliphatic carbocycles. The normalized spacial score (nSPS) is 17.3. The minimum absolute atomic E-state index is 0.104. The number of ether oxygens (including phenoxy) is 1. The smallest absolute Gasteiger partial charge is 0.251 e. The SMILES string of the molecule is N#Cc1nccnc1O[C@@H]1CCN(C(=O)/C=C/c2ccco2)C1. The zero-order valence-electron chi connectivity index (χ0n) is 12.3. The molecule has 3 heterocycles. The quantitative estimate of drug-likeness (QED) is 0.797. The number of amides is 1. The van der Waals surface area contributed by atoms with E-state index in [4.69, 9.17) is 14.4 Å². The Bertz CT molecular complexity index is 749. The predicted molar refractivity (Wildman–Crippen MR) is 80.1 cm³/mol. The molecule has 1 saturated heterocycles. The molecule has 0 spiro atoms. The summed E-state index contributed by atoms with van der Waals surface area (Å²) in [7, 11) is 0. The van der Waals surface area contributed by atoms with Gasteiger partial charge in [0.15, 0.2) is 0 Å². The molecular formula is C16H14N4O3. The Hall–Kier alpha value is -3.14. The van der Waals surface area contributed by atoms with Crippen molar-refractivity contribution in [1.82, 2.24) is 14.9 Å². The van der Waals surface area contributed by atoms with Crippen LogP contribution in [0.3, 0.4) is 0 Å². The van der Waals surface area contributed by atoms with Gasteiger partial charge in [0.25, 0.3) is 5.88 Å². The summed E-state index contributed by atoms with van der Waals surface area (Å²) < 4.78 is 10.8. The molecule has 1 aliphatic heterocycles. The Morgan fingerprint density at radius 1 is 1.48 bits per heavy atom. The number of furan rings is 1. The molecular weight excluding hydrogens is 296 g/mol. The van der Waals surface area contributed by atoms with E-state index in [1.807, 2.05) is 6.07 Å². The van der Waals surface area contributed by atoms with Crippen LogP contribution in [-0.2, 0) is 4.79 Å². The average molecular weight is 310 g/mol. The second-order valence-electron chi connectivity index (χ2n) is 4.98. The molecule has 116 valence electrons. The first-order chi connectivity index (χ1) is 11.3. The third kappa shape index (κ3) is 3.55. The summed E-state index contributed by atoms with van der Waals surface area (Å²) in [4.78, 5) is 21.7. The molecule has 0 radical (unpaired) electrons. The summed E-state index contributed by atoms with van der Waals surface area (Å²) in [5.74, 6) is 0.733.